The first kappa shape index (κ1) is 33.5. The number of carbonyl (C=O) groups excluding carboxylic acids is 3. The number of phenols is 1. The van der Waals surface area contributed by atoms with E-state index in [0.29, 0.717) is 29.8 Å². The summed E-state index contributed by atoms with van der Waals surface area (Å²) in [6.07, 6.45) is -0.621. The molecule has 3 aliphatic rings. The highest BCUT2D eigenvalue weighted by Crippen LogP contribution is 2.58. The maximum Gasteiger partial charge on any atom is 0.255 e. The Bertz CT molecular complexity index is 2050. The van der Waals surface area contributed by atoms with Crippen LogP contribution in [-0.4, -0.2) is 68.9 Å². The summed E-state index contributed by atoms with van der Waals surface area (Å²) in [6, 6.07) is 17.1. The number of phenolic OH excluding ortho intramolecular Hbond substituents is 1. The Hall–Kier alpha value is -5.39. The minimum atomic E-state index is -2.73. The Kier molecular flexibility index (Phi) is 7.96. The summed E-state index contributed by atoms with van der Waals surface area (Å²) in [5, 5.41) is 47.9. The van der Waals surface area contributed by atoms with Crippen molar-refractivity contribution in [3.05, 3.63) is 106 Å². The molecule has 0 spiro atoms. The highest BCUT2D eigenvalue weighted by Gasteiger charge is 2.74. The van der Waals surface area contributed by atoms with Crippen LogP contribution < -0.4 is 22.5 Å². The number of amides is 1. The molecule has 1 saturated carbocycles. The molecule has 4 atom stereocenters. The zero-order valence-electron chi connectivity index (χ0n) is 26.8. The monoisotopic (exact) mass is 666 g/mol. The second-order valence-corrected chi connectivity index (χ2v) is 13.2. The number of fused-ring (bicyclic) bond motifs is 3. The molecular weight excluding hydrogens is 631 g/mol. The van der Waals surface area contributed by atoms with Crippen LogP contribution in [0.4, 0.5) is 4.39 Å². The Morgan fingerprint density at radius 2 is 1.71 bits per heavy atom. The first-order chi connectivity index (χ1) is 23.1. The average Bonchev–Trinajstić information content (AvgIpc) is 3.01. The van der Waals surface area contributed by atoms with Gasteiger partial charge in [0.2, 0.25) is 0 Å². The molecule has 1 fully saturated rings. The molecule has 0 radical (unpaired) electrons. The fourth-order valence-corrected chi connectivity index (χ4v) is 7.90. The van der Waals surface area contributed by atoms with Gasteiger partial charge in [-0.25, -0.2) is 4.39 Å². The van der Waals surface area contributed by atoms with Gasteiger partial charge in [-0.2, -0.15) is 5.26 Å². The number of aliphatic hydroxyl groups excluding tert-OH is 2. The van der Waals surface area contributed by atoms with Crippen LogP contribution in [-0.2, 0) is 33.9 Å². The third kappa shape index (κ3) is 4.83. The quantitative estimate of drug-likeness (QED) is 0.180. The minimum absolute atomic E-state index is 0.0880. The lowest BCUT2D eigenvalue weighted by molar-refractivity contribution is -0.139. The normalized spacial score (nSPS) is 26.3. The Labute approximate surface area is 280 Å². The van der Waals surface area contributed by atoms with Crippen molar-refractivity contribution in [1.82, 2.24) is 10.2 Å². The largest absolute Gasteiger partial charge is 0.509 e. The van der Waals surface area contributed by atoms with Crippen molar-refractivity contribution in [2.24, 2.45) is 22.6 Å². The van der Waals surface area contributed by atoms with E-state index in [2.05, 4.69) is 5.32 Å². The molecule has 252 valence electrons. The van der Waals surface area contributed by atoms with Gasteiger partial charge in [0.25, 0.3) is 5.91 Å². The second-order valence-electron chi connectivity index (χ2n) is 13.2. The highest BCUT2D eigenvalue weighted by atomic mass is 19.1. The second kappa shape index (κ2) is 11.6. The summed E-state index contributed by atoms with van der Waals surface area (Å²) in [7, 11) is 2.92. The summed E-state index contributed by atoms with van der Waals surface area (Å²) >= 11 is 0. The van der Waals surface area contributed by atoms with Crippen LogP contribution in [0.25, 0.3) is 16.9 Å². The number of nitrogens with one attached hydrogen (secondary N) is 1. The molecular formula is C36H35FN6O6. The molecule has 13 heteroatoms. The molecule has 12 nitrogen and oxygen atoms in total. The van der Waals surface area contributed by atoms with Crippen LogP contribution in [0.3, 0.4) is 0 Å². The number of ketones is 2. The van der Waals surface area contributed by atoms with E-state index in [9.17, 15) is 39.4 Å². The third-order valence-electron chi connectivity index (χ3n) is 9.95. The summed E-state index contributed by atoms with van der Waals surface area (Å²) in [6.45, 7) is 0.957. The van der Waals surface area contributed by atoms with Crippen molar-refractivity contribution in [3.8, 4) is 22.9 Å². The minimum Gasteiger partial charge on any atom is -0.509 e. The molecule has 6 rings (SSSR count). The van der Waals surface area contributed by atoms with Crippen molar-refractivity contribution in [1.29, 1.82) is 5.26 Å². The Morgan fingerprint density at radius 3 is 2.33 bits per heavy atom. The van der Waals surface area contributed by atoms with Gasteiger partial charge in [0.1, 0.15) is 28.7 Å². The van der Waals surface area contributed by atoms with E-state index < -0.39 is 69.1 Å². The molecule has 0 bridgehead atoms. The number of aromatic hydroxyl groups is 1. The fraction of sp³-hybridized carbons (Fsp3) is 0.278. The Balaban J connectivity index is 1.43. The van der Waals surface area contributed by atoms with E-state index in [1.165, 1.54) is 37.2 Å². The number of nitrogens with zero attached hydrogens (tertiary/aromatic N) is 2. The van der Waals surface area contributed by atoms with Gasteiger partial charge in [0.15, 0.2) is 17.0 Å². The first-order valence-electron chi connectivity index (χ1n) is 15.4. The molecule has 0 aliphatic heterocycles. The number of benzene rings is 3. The summed E-state index contributed by atoms with van der Waals surface area (Å²) < 4.78 is 13.5. The number of primary amides is 1. The molecule has 49 heavy (non-hydrogen) atoms. The predicted molar refractivity (Wildman–Crippen MR) is 177 cm³/mol. The van der Waals surface area contributed by atoms with Crippen LogP contribution in [0.15, 0.2) is 77.6 Å². The molecule has 3 aromatic rings. The van der Waals surface area contributed by atoms with Crippen molar-refractivity contribution >= 4 is 23.2 Å². The Morgan fingerprint density at radius 1 is 1.04 bits per heavy atom. The SMILES string of the molecule is CN(C)[C@@H]1C(=O)C(C(N)=O)=C(O)[C@@]2(C#N)C(=O)C3=C(O)c4c(O)ccc(-c5ccc(CNCc6cccc(F)c6)cc5)c4C[C@@]3(N)C[C@@]12N. The van der Waals surface area contributed by atoms with E-state index in [1.54, 1.807) is 18.2 Å². The molecule has 1 amide bonds. The zero-order valence-corrected chi connectivity index (χ0v) is 26.8. The maximum atomic E-state index is 14.5. The van der Waals surface area contributed by atoms with E-state index in [4.69, 9.17) is 17.2 Å². The van der Waals surface area contributed by atoms with Gasteiger partial charge in [0, 0.05) is 13.1 Å². The van der Waals surface area contributed by atoms with Crippen molar-refractivity contribution in [2.75, 3.05) is 14.1 Å². The van der Waals surface area contributed by atoms with Gasteiger partial charge in [-0.3, -0.25) is 19.3 Å². The van der Waals surface area contributed by atoms with Crippen molar-refractivity contribution < 1.29 is 34.1 Å². The number of carbonyl (C=O) groups is 3. The number of halogens is 1. The van der Waals surface area contributed by atoms with Crippen molar-refractivity contribution in [3.63, 3.8) is 0 Å². The zero-order chi connectivity index (χ0) is 35.6. The van der Waals surface area contributed by atoms with E-state index in [-0.39, 0.29) is 23.6 Å². The van der Waals surface area contributed by atoms with Gasteiger partial charge in [0.05, 0.1) is 34.3 Å². The molecule has 0 heterocycles. The van der Waals surface area contributed by atoms with Crippen LogP contribution in [0.2, 0.25) is 0 Å². The van der Waals surface area contributed by atoms with Gasteiger partial charge in [-0.1, -0.05) is 42.5 Å². The molecule has 0 unspecified atom stereocenters. The predicted octanol–water partition coefficient (Wildman–Crippen LogP) is 2.00. The molecule has 3 aliphatic carbocycles. The summed E-state index contributed by atoms with van der Waals surface area (Å²) in [5.41, 5.74) is 14.6. The lowest BCUT2D eigenvalue weighted by Crippen LogP contribution is -2.80. The number of rotatable bonds is 7. The van der Waals surface area contributed by atoms with E-state index in [1.807, 2.05) is 30.3 Å². The number of likely N-dealkylation sites (N-methyl/N-ethyl adjacent to an activating group) is 1. The maximum absolute atomic E-state index is 14.5. The van der Waals surface area contributed by atoms with Gasteiger partial charge in [-0.05, 0) is 73.0 Å². The smallest absolute Gasteiger partial charge is 0.255 e. The number of aliphatic hydroxyl groups is 2. The number of nitrogens with two attached hydrogens (primary N) is 3. The van der Waals surface area contributed by atoms with Gasteiger partial charge in [-0.15, -0.1) is 0 Å². The molecule has 10 N–H and O–H groups in total. The van der Waals surface area contributed by atoms with E-state index in [0.717, 1.165) is 11.1 Å². The van der Waals surface area contributed by atoms with Crippen molar-refractivity contribution in [2.45, 2.75) is 43.1 Å². The van der Waals surface area contributed by atoms with Crippen LogP contribution in [0, 0.1) is 22.6 Å². The molecule has 3 aromatic carbocycles. The molecule has 0 saturated heterocycles. The first-order valence-corrected chi connectivity index (χ1v) is 15.4. The van der Waals surface area contributed by atoms with Gasteiger partial charge < -0.3 is 37.8 Å². The van der Waals surface area contributed by atoms with Crippen LogP contribution in [0.5, 0.6) is 5.75 Å². The highest BCUT2D eigenvalue weighted by molar-refractivity contribution is 6.25. The third-order valence-corrected chi connectivity index (χ3v) is 9.95. The fourth-order valence-electron chi connectivity index (χ4n) is 7.90. The molecule has 0 aromatic heterocycles. The summed E-state index contributed by atoms with van der Waals surface area (Å²) in [5.74, 6) is -6.12. The lowest BCUT2D eigenvalue weighted by atomic mass is 9.47. The lowest BCUT2D eigenvalue weighted by Gasteiger charge is -2.58. The van der Waals surface area contributed by atoms with Crippen LogP contribution in [0.1, 0.15) is 28.7 Å². The number of hydrogen-bond acceptors (Lipinski definition) is 11. The number of Topliss-reactive ketones (excluding diaryl/α,β-unsaturated/α-hetero) is 2. The van der Waals surface area contributed by atoms with Gasteiger partial charge >= 0.3 is 0 Å². The number of hydrogen-bond donors (Lipinski definition) is 7. The van der Waals surface area contributed by atoms with E-state index >= 15 is 0 Å². The number of nitriles is 1. The average molecular weight is 667 g/mol. The topological polar surface area (TPSA) is 229 Å². The summed E-state index contributed by atoms with van der Waals surface area (Å²) in [4.78, 5) is 41.9. The standard InChI is InChI=1S/C36H35FN6O6/c1-43(2)30-29(46)26(33(39)49)31(47)35(17-38)32(48)27-28(45)25-23(13-34(27,40)16-36(30,35)41)22(10-11-24(25)44)20-8-6-18(7-9-20)14-42-15-19-4-3-5-21(37)12-19/h3-12,30,42,44-45,47H,13-16,40-41H2,1-2H3,(H2,39,49)/t30-,34-,35+,36-/m1/s1. The van der Waals surface area contributed by atoms with Crippen LogP contribution >= 0.6 is 0 Å².